The van der Waals surface area contributed by atoms with Gasteiger partial charge in [0.25, 0.3) is 6.71 Å². The summed E-state index contributed by atoms with van der Waals surface area (Å²) in [6.07, 6.45) is 6.89. The van der Waals surface area contributed by atoms with Crippen LogP contribution in [0, 0.1) is 13.8 Å². The molecule has 5 heteroatoms. The zero-order valence-corrected chi connectivity index (χ0v) is 49.4. The van der Waals surface area contributed by atoms with E-state index in [0.29, 0.717) is 0 Å². The maximum absolute atomic E-state index is 7.18. The fourth-order valence-electron chi connectivity index (χ4n) is 15.4. The molecule has 0 N–H and O–H groups in total. The molecule has 0 saturated carbocycles. The van der Waals surface area contributed by atoms with Crippen molar-refractivity contribution in [1.29, 1.82) is 0 Å². The van der Waals surface area contributed by atoms with Crippen LogP contribution in [0.4, 0.5) is 51.2 Å². The summed E-state index contributed by atoms with van der Waals surface area (Å²) in [7, 11) is 0. The van der Waals surface area contributed by atoms with Crippen LogP contribution in [0.3, 0.4) is 0 Å². The van der Waals surface area contributed by atoms with Crippen LogP contribution in [-0.4, -0.2) is 6.71 Å². The molecule has 0 fully saturated rings. The number of benzene rings is 8. The summed E-state index contributed by atoms with van der Waals surface area (Å²) >= 11 is 0. The van der Waals surface area contributed by atoms with Gasteiger partial charge in [0, 0.05) is 50.6 Å². The number of rotatable bonds is 5. The average molecular weight is 1040 g/mol. The van der Waals surface area contributed by atoms with Gasteiger partial charge in [-0.25, -0.2) is 0 Å². The lowest BCUT2D eigenvalue weighted by Gasteiger charge is -2.49. The molecule has 0 spiro atoms. The molecule has 9 aromatic rings. The number of para-hydroxylation sites is 4. The topological polar surface area (TPSA) is 22.9 Å². The van der Waals surface area contributed by atoms with Crippen molar-refractivity contribution in [2.24, 2.45) is 0 Å². The Morgan fingerprint density at radius 3 is 1.38 bits per heavy atom. The van der Waals surface area contributed by atoms with Gasteiger partial charge in [-0.3, -0.25) is 0 Å². The third-order valence-electron chi connectivity index (χ3n) is 20.7. The van der Waals surface area contributed by atoms with Crippen molar-refractivity contribution in [3.63, 3.8) is 0 Å². The molecule has 398 valence electrons. The number of aryl methyl sites for hydroxylation is 2. The van der Waals surface area contributed by atoms with E-state index in [9.17, 15) is 0 Å². The lowest BCUT2D eigenvalue weighted by atomic mass is 9.32. The SMILES string of the molecule is Cc1ccccc1N(c1cc2c3c(c1)N(c1cccc4c1oc1ccccc14)c1cc4c(cc1B3c1cc3c(cc1N2c1ccc2c(c1)C(C)(C)CCC2(C)C)C(C)(C)CCC3(C)C)C(C)(C)CCC4(C)C)c1ccccc1C. The Labute approximate surface area is 470 Å². The molecule has 0 unspecified atom stereocenters. The third kappa shape index (κ3) is 7.39. The van der Waals surface area contributed by atoms with Crippen molar-refractivity contribution in [1.82, 2.24) is 0 Å². The highest BCUT2D eigenvalue weighted by molar-refractivity contribution is 7.00. The van der Waals surface area contributed by atoms with Crippen LogP contribution in [0.25, 0.3) is 21.9 Å². The number of furan rings is 1. The summed E-state index contributed by atoms with van der Waals surface area (Å²) < 4.78 is 7.18. The minimum absolute atomic E-state index is 0.00301. The lowest BCUT2D eigenvalue weighted by molar-refractivity contribution is 0.332. The smallest absolute Gasteiger partial charge is 0.252 e. The van der Waals surface area contributed by atoms with Gasteiger partial charge in [0.1, 0.15) is 5.58 Å². The maximum atomic E-state index is 7.18. The Balaban J connectivity index is 1.18. The number of fused-ring (bicyclic) bond motifs is 10. The van der Waals surface area contributed by atoms with Gasteiger partial charge in [0.2, 0.25) is 0 Å². The second kappa shape index (κ2) is 16.8. The molecule has 8 aromatic carbocycles. The predicted octanol–water partition coefficient (Wildman–Crippen LogP) is 18.8. The molecule has 3 heterocycles. The molecule has 0 atom stereocenters. The van der Waals surface area contributed by atoms with Crippen molar-refractivity contribution in [2.75, 3.05) is 14.7 Å². The van der Waals surface area contributed by atoms with Gasteiger partial charge < -0.3 is 19.1 Å². The van der Waals surface area contributed by atoms with E-state index in [1.807, 2.05) is 0 Å². The molecule has 14 rings (SSSR count). The van der Waals surface area contributed by atoms with Gasteiger partial charge >= 0.3 is 0 Å². The zero-order valence-electron chi connectivity index (χ0n) is 49.4. The maximum Gasteiger partial charge on any atom is 0.252 e. The molecule has 0 bridgehead atoms. The standard InChI is InChI=1S/C74H78BN3O/c1-45-22-15-18-26-59(45)77(60-27-19-16-23-46(60)2)48-39-64-67-65(40-48)78(61-28-21-25-50-49-24-17-20-29-66(49)79-68(50)61)63-44-56-54(72(9,10)35-37-74(56,13)14)42-58(63)75(67)57-41-53-55(73(11,12)36-34-71(53,7)8)43-62(57)76(64)47-30-31-51-52(38-47)70(5,6)33-32-69(51,3)4/h15-31,38-44H,32-37H2,1-14H3. The molecule has 2 aliphatic heterocycles. The Morgan fingerprint density at radius 2 is 0.835 bits per heavy atom. The van der Waals surface area contributed by atoms with E-state index < -0.39 is 0 Å². The molecular formula is C74H78BN3O. The van der Waals surface area contributed by atoms with E-state index >= 15 is 0 Å². The van der Waals surface area contributed by atoms with Crippen LogP contribution < -0.4 is 31.1 Å². The normalized spacial score (nSPS) is 19.2. The highest BCUT2D eigenvalue weighted by Gasteiger charge is 2.50. The van der Waals surface area contributed by atoms with Crippen LogP contribution in [0.1, 0.15) is 166 Å². The van der Waals surface area contributed by atoms with Crippen molar-refractivity contribution in [3.8, 4) is 0 Å². The summed E-state index contributed by atoms with van der Waals surface area (Å²) in [6.45, 7) is 34.3. The van der Waals surface area contributed by atoms with E-state index in [2.05, 4.69) is 257 Å². The van der Waals surface area contributed by atoms with Crippen molar-refractivity contribution < 1.29 is 4.42 Å². The monoisotopic (exact) mass is 1040 g/mol. The number of nitrogens with zero attached hydrogens (tertiary/aromatic N) is 3. The van der Waals surface area contributed by atoms with Crippen LogP contribution in [0.5, 0.6) is 0 Å². The van der Waals surface area contributed by atoms with Crippen LogP contribution in [0.2, 0.25) is 0 Å². The second-order valence-corrected chi connectivity index (χ2v) is 28.6. The second-order valence-electron chi connectivity index (χ2n) is 28.6. The summed E-state index contributed by atoms with van der Waals surface area (Å²) in [5.41, 5.74) is 28.0. The van der Waals surface area contributed by atoms with Crippen LogP contribution in [-0.2, 0) is 32.5 Å². The molecular weight excluding hydrogens is 958 g/mol. The van der Waals surface area contributed by atoms with Gasteiger partial charge in [-0.15, -0.1) is 0 Å². The molecule has 3 aliphatic carbocycles. The van der Waals surface area contributed by atoms with E-state index in [4.69, 9.17) is 4.42 Å². The Kier molecular flexibility index (Phi) is 10.7. The first-order chi connectivity index (χ1) is 37.5. The Hall–Kier alpha value is -6.98. The minimum Gasteiger partial charge on any atom is -0.454 e. The van der Waals surface area contributed by atoms with Crippen LogP contribution >= 0.6 is 0 Å². The van der Waals surface area contributed by atoms with E-state index in [-0.39, 0.29) is 39.2 Å². The number of anilines is 9. The van der Waals surface area contributed by atoms with Gasteiger partial charge in [-0.2, -0.15) is 0 Å². The third-order valence-corrected chi connectivity index (χ3v) is 20.7. The largest absolute Gasteiger partial charge is 0.454 e. The van der Waals surface area contributed by atoms with Crippen molar-refractivity contribution in [2.45, 2.75) is 168 Å². The summed E-state index contributed by atoms with van der Waals surface area (Å²) in [5.74, 6) is 0. The van der Waals surface area contributed by atoms with Gasteiger partial charge in [-0.1, -0.05) is 168 Å². The molecule has 4 nitrogen and oxygen atoms in total. The van der Waals surface area contributed by atoms with E-state index in [0.717, 1.165) is 65.4 Å². The molecule has 1 aromatic heterocycles. The quantitative estimate of drug-likeness (QED) is 0.160. The van der Waals surface area contributed by atoms with Crippen molar-refractivity contribution >= 4 is 96.2 Å². The molecule has 0 radical (unpaired) electrons. The fraction of sp³-hybridized carbons (Fsp3) is 0.351. The zero-order chi connectivity index (χ0) is 55.1. The lowest BCUT2D eigenvalue weighted by Crippen LogP contribution is -2.62. The van der Waals surface area contributed by atoms with Crippen LogP contribution in [0.15, 0.2) is 150 Å². The van der Waals surface area contributed by atoms with E-state index in [1.165, 1.54) is 107 Å². The average Bonchev–Trinajstić information content (AvgIpc) is 3.65. The minimum atomic E-state index is -0.0675. The first-order valence-corrected chi connectivity index (χ1v) is 29.6. The molecule has 0 saturated heterocycles. The van der Waals surface area contributed by atoms with E-state index in [1.54, 1.807) is 0 Å². The first-order valence-electron chi connectivity index (χ1n) is 29.6. The van der Waals surface area contributed by atoms with Crippen molar-refractivity contribution in [3.05, 3.63) is 190 Å². The first kappa shape index (κ1) is 50.3. The predicted molar refractivity (Wildman–Crippen MR) is 338 cm³/mol. The molecule has 5 aliphatic rings. The van der Waals surface area contributed by atoms with Gasteiger partial charge in [0.05, 0.1) is 11.4 Å². The highest BCUT2D eigenvalue weighted by Crippen LogP contribution is 2.56. The highest BCUT2D eigenvalue weighted by atomic mass is 16.3. The number of hydrogen-bond acceptors (Lipinski definition) is 4. The molecule has 79 heavy (non-hydrogen) atoms. The van der Waals surface area contributed by atoms with Gasteiger partial charge in [0.15, 0.2) is 5.58 Å². The Morgan fingerprint density at radius 1 is 0.392 bits per heavy atom. The fourth-order valence-corrected chi connectivity index (χ4v) is 15.4. The Bertz CT molecular complexity index is 4000. The molecule has 0 amide bonds. The summed E-state index contributed by atoms with van der Waals surface area (Å²) in [6, 6.07) is 56.8. The van der Waals surface area contributed by atoms with Gasteiger partial charge in [-0.05, 0) is 206 Å². The summed E-state index contributed by atoms with van der Waals surface area (Å²) in [5, 5.41) is 2.27. The number of hydrogen-bond donors (Lipinski definition) is 0. The summed E-state index contributed by atoms with van der Waals surface area (Å²) in [4.78, 5) is 7.93.